The normalized spacial score (nSPS) is 14.4. The Balaban J connectivity index is 2.00. The molecule has 24 heavy (non-hydrogen) atoms. The molecule has 0 aliphatic carbocycles. The van der Waals surface area contributed by atoms with Gasteiger partial charge in [-0.1, -0.05) is 54.1 Å². The molecule has 0 spiro atoms. The van der Waals surface area contributed by atoms with E-state index in [4.69, 9.17) is 20.8 Å². The molecular weight excluding hydrogens is 336 g/mol. The molecule has 4 heteroatoms. The van der Waals surface area contributed by atoms with E-state index >= 15 is 0 Å². The van der Waals surface area contributed by atoms with Crippen LogP contribution in [0.1, 0.15) is 30.6 Å². The van der Waals surface area contributed by atoms with E-state index in [0.717, 1.165) is 23.4 Å². The van der Waals surface area contributed by atoms with Crippen molar-refractivity contribution in [2.24, 2.45) is 0 Å². The van der Waals surface area contributed by atoms with E-state index in [9.17, 15) is 0 Å². The molecule has 0 aliphatic heterocycles. The second-order valence-corrected chi connectivity index (χ2v) is 11.9. The maximum atomic E-state index is 6.27. The lowest BCUT2D eigenvalue weighted by Gasteiger charge is -2.29. The van der Waals surface area contributed by atoms with Crippen LogP contribution in [0.3, 0.4) is 0 Å². The van der Waals surface area contributed by atoms with Gasteiger partial charge in [0.15, 0.2) is 8.32 Å². The van der Waals surface area contributed by atoms with E-state index in [2.05, 4.69) is 50.8 Å². The largest absolute Gasteiger partial charge is 0.393 e. The fourth-order valence-electron chi connectivity index (χ4n) is 2.52. The number of hydrogen-bond acceptors (Lipinski definition) is 2. The summed E-state index contributed by atoms with van der Waals surface area (Å²) in [7, 11) is -1.68. The molecule has 0 saturated carbocycles. The lowest BCUT2D eigenvalue weighted by atomic mass is 10.1. The minimum absolute atomic E-state index is 0.0283. The maximum Gasteiger partial charge on any atom is 0.187 e. The third-order valence-corrected chi connectivity index (χ3v) is 4.91. The Bertz CT molecular complexity index is 608. The lowest BCUT2D eigenvalue weighted by Crippen LogP contribution is -2.34. The van der Waals surface area contributed by atoms with Gasteiger partial charge in [-0.05, 0) is 56.2 Å². The molecule has 0 radical (unpaired) electrons. The van der Waals surface area contributed by atoms with Crippen LogP contribution in [-0.2, 0) is 15.6 Å². The summed E-state index contributed by atoms with van der Waals surface area (Å²) in [6.45, 7) is 8.64. The second-order valence-electron chi connectivity index (χ2n) is 7.01. The third kappa shape index (κ3) is 6.77. The van der Waals surface area contributed by atoms with Crippen molar-refractivity contribution in [2.45, 2.75) is 51.8 Å². The van der Waals surface area contributed by atoms with E-state index in [-0.39, 0.29) is 12.4 Å². The Labute approximate surface area is 151 Å². The van der Waals surface area contributed by atoms with Crippen molar-refractivity contribution in [1.82, 2.24) is 0 Å². The summed E-state index contributed by atoms with van der Waals surface area (Å²) >= 11 is 5.97. The van der Waals surface area contributed by atoms with E-state index in [1.54, 1.807) is 0 Å². The summed E-state index contributed by atoms with van der Waals surface area (Å²) < 4.78 is 12.5. The number of benzene rings is 2. The Morgan fingerprint density at radius 2 is 1.58 bits per heavy atom. The van der Waals surface area contributed by atoms with Crippen LogP contribution in [0.25, 0.3) is 0 Å². The van der Waals surface area contributed by atoms with Gasteiger partial charge in [-0.2, -0.15) is 0 Å². The summed E-state index contributed by atoms with van der Waals surface area (Å²) in [4.78, 5) is 0. The van der Waals surface area contributed by atoms with Gasteiger partial charge in [0, 0.05) is 11.4 Å². The molecule has 2 aromatic rings. The zero-order valence-electron chi connectivity index (χ0n) is 15.0. The van der Waals surface area contributed by atoms with Gasteiger partial charge in [0.25, 0.3) is 0 Å². The lowest BCUT2D eigenvalue weighted by molar-refractivity contribution is -0.123. The monoisotopic (exact) mass is 362 g/mol. The molecule has 0 N–H and O–H groups in total. The number of halogens is 1. The molecule has 2 nitrogen and oxygen atoms in total. The number of ether oxygens (including phenoxy) is 1. The van der Waals surface area contributed by atoms with Gasteiger partial charge < -0.3 is 9.16 Å². The SMILES string of the molecule is C[C@@H](OC(CCc1ccccc1)O[Si](C)(C)C)c1ccc(Cl)cc1. The minimum atomic E-state index is -1.68. The smallest absolute Gasteiger partial charge is 0.187 e. The third-order valence-electron chi connectivity index (χ3n) is 3.69. The quantitative estimate of drug-likeness (QED) is 0.409. The van der Waals surface area contributed by atoms with Crippen molar-refractivity contribution in [3.8, 4) is 0 Å². The number of rotatable bonds is 8. The van der Waals surface area contributed by atoms with Crippen molar-refractivity contribution in [3.05, 3.63) is 70.7 Å². The topological polar surface area (TPSA) is 18.5 Å². The summed E-state index contributed by atoms with van der Waals surface area (Å²) in [5.74, 6) is 0. The van der Waals surface area contributed by atoms with Crippen LogP contribution in [0.2, 0.25) is 24.7 Å². The van der Waals surface area contributed by atoms with E-state index in [1.807, 2.05) is 30.3 Å². The van der Waals surface area contributed by atoms with Crippen molar-refractivity contribution in [1.29, 1.82) is 0 Å². The van der Waals surface area contributed by atoms with Gasteiger partial charge in [0.2, 0.25) is 0 Å². The number of aryl methyl sites for hydroxylation is 1. The van der Waals surface area contributed by atoms with E-state index in [0.29, 0.717) is 0 Å². The van der Waals surface area contributed by atoms with Gasteiger partial charge in [-0.15, -0.1) is 0 Å². The highest BCUT2D eigenvalue weighted by molar-refractivity contribution is 6.69. The number of hydrogen-bond donors (Lipinski definition) is 0. The first kappa shape index (κ1) is 19.2. The molecule has 2 rings (SSSR count). The predicted molar refractivity (Wildman–Crippen MR) is 104 cm³/mol. The summed E-state index contributed by atoms with van der Waals surface area (Å²) in [5, 5.41) is 0.741. The first-order valence-electron chi connectivity index (χ1n) is 8.46. The summed E-state index contributed by atoms with van der Waals surface area (Å²) in [6.07, 6.45) is 1.58. The fraction of sp³-hybridized carbons (Fsp3) is 0.400. The van der Waals surface area contributed by atoms with E-state index < -0.39 is 8.32 Å². The van der Waals surface area contributed by atoms with Gasteiger partial charge in [-0.25, -0.2) is 0 Å². The highest BCUT2D eigenvalue weighted by Crippen LogP contribution is 2.24. The Morgan fingerprint density at radius 1 is 0.958 bits per heavy atom. The molecule has 2 aromatic carbocycles. The molecule has 0 aliphatic rings. The van der Waals surface area contributed by atoms with Crippen molar-refractivity contribution >= 4 is 19.9 Å². The Hall–Kier alpha value is -1.13. The highest BCUT2D eigenvalue weighted by Gasteiger charge is 2.23. The van der Waals surface area contributed by atoms with Crippen LogP contribution in [0, 0.1) is 0 Å². The van der Waals surface area contributed by atoms with Crippen molar-refractivity contribution in [3.63, 3.8) is 0 Å². The second kappa shape index (κ2) is 8.81. The fourth-order valence-corrected chi connectivity index (χ4v) is 3.61. The molecule has 130 valence electrons. The molecular formula is C20H27ClO2Si. The van der Waals surface area contributed by atoms with Crippen molar-refractivity contribution in [2.75, 3.05) is 0 Å². The van der Waals surface area contributed by atoms with Crippen molar-refractivity contribution < 1.29 is 9.16 Å². The summed E-state index contributed by atoms with van der Waals surface area (Å²) in [5.41, 5.74) is 2.42. The highest BCUT2D eigenvalue weighted by atomic mass is 35.5. The first-order chi connectivity index (χ1) is 11.3. The molecule has 1 unspecified atom stereocenters. The minimum Gasteiger partial charge on any atom is -0.393 e. The molecule has 0 amide bonds. The summed E-state index contributed by atoms with van der Waals surface area (Å²) in [6, 6.07) is 18.3. The molecule has 0 aromatic heterocycles. The molecule has 0 fully saturated rings. The van der Waals surface area contributed by atoms with Gasteiger partial charge >= 0.3 is 0 Å². The zero-order valence-corrected chi connectivity index (χ0v) is 16.7. The molecule has 0 bridgehead atoms. The standard InChI is InChI=1S/C20H27ClO2Si/c1-16(18-11-13-19(21)14-12-18)22-20(23-24(2,3)4)15-10-17-8-6-5-7-9-17/h5-9,11-14,16,20H,10,15H2,1-4H3/t16-,20?/m1/s1. The van der Waals surface area contributed by atoms with Crippen LogP contribution in [0.4, 0.5) is 0 Å². The van der Waals surface area contributed by atoms with Gasteiger partial charge in [0.1, 0.15) is 6.29 Å². The average molecular weight is 363 g/mol. The van der Waals surface area contributed by atoms with Crippen LogP contribution >= 0.6 is 11.6 Å². The first-order valence-corrected chi connectivity index (χ1v) is 12.2. The van der Waals surface area contributed by atoms with Gasteiger partial charge in [-0.3, -0.25) is 0 Å². The van der Waals surface area contributed by atoms with Gasteiger partial charge in [0.05, 0.1) is 6.10 Å². The van der Waals surface area contributed by atoms with Crippen LogP contribution < -0.4 is 0 Å². The van der Waals surface area contributed by atoms with Crippen LogP contribution in [0.15, 0.2) is 54.6 Å². The Kier molecular flexibility index (Phi) is 7.05. The van der Waals surface area contributed by atoms with E-state index in [1.165, 1.54) is 5.56 Å². The van der Waals surface area contributed by atoms with Crippen LogP contribution in [-0.4, -0.2) is 14.6 Å². The predicted octanol–water partition coefficient (Wildman–Crippen LogP) is 6.23. The molecule has 0 heterocycles. The maximum absolute atomic E-state index is 6.27. The molecule has 2 atom stereocenters. The Morgan fingerprint density at radius 3 is 2.17 bits per heavy atom. The average Bonchev–Trinajstić information content (AvgIpc) is 2.53. The zero-order chi connectivity index (χ0) is 17.6. The molecule has 0 saturated heterocycles. The van der Waals surface area contributed by atoms with Crippen LogP contribution in [0.5, 0.6) is 0 Å².